The molecule has 4 aliphatic carbocycles. The van der Waals surface area contributed by atoms with Crippen molar-refractivity contribution in [2.45, 2.75) is 91.9 Å². The Kier molecular flexibility index (Phi) is 4.17. The van der Waals surface area contributed by atoms with Crippen LogP contribution in [-0.2, 0) is 4.79 Å². The van der Waals surface area contributed by atoms with Gasteiger partial charge in [-0.25, -0.2) is 0 Å². The van der Waals surface area contributed by atoms with Crippen molar-refractivity contribution in [2.75, 3.05) is 0 Å². The highest BCUT2D eigenvalue weighted by Gasteiger charge is 2.60. The summed E-state index contributed by atoms with van der Waals surface area (Å²) in [6.07, 6.45) is 13.1. The number of hydrogen-bond donors (Lipinski definition) is 0. The van der Waals surface area contributed by atoms with Crippen molar-refractivity contribution in [3.05, 3.63) is 0 Å². The van der Waals surface area contributed by atoms with Gasteiger partial charge in [-0.1, -0.05) is 40.5 Å². The predicted molar refractivity (Wildman–Crippen MR) is 99.7 cm³/mol. The molecule has 0 amide bonds. The Hall–Kier alpha value is -0.330. The van der Waals surface area contributed by atoms with Gasteiger partial charge >= 0.3 is 0 Å². The Labute approximate surface area is 149 Å². The number of carbonyl (C=O) groups is 1. The van der Waals surface area contributed by atoms with Crippen molar-refractivity contribution in [2.24, 2.45) is 46.3 Å². The van der Waals surface area contributed by atoms with Crippen molar-refractivity contribution >= 4 is 5.78 Å². The van der Waals surface area contributed by atoms with Gasteiger partial charge in [-0.05, 0) is 84.9 Å². The lowest BCUT2D eigenvalue weighted by atomic mass is 9.42. The van der Waals surface area contributed by atoms with Crippen LogP contribution in [0.1, 0.15) is 91.9 Å². The molecule has 0 aromatic heterocycles. The van der Waals surface area contributed by atoms with E-state index in [1.807, 2.05) is 0 Å². The van der Waals surface area contributed by atoms with Crippen LogP contribution in [0.15, 0.2) is 0 Å². The number of carbonyl (C=O) groups excluding carboxylic acids is 1. The van der Waals surface area contributed by atoms with E-state index < -0.39 is 0 Å². The summed E-state index contributed by atoms with van der Waals surface area (Å²) in [6, 6.07) is 0. The second-order valence-electron chi connectivity index (χ2n) is 10.5. The van der Waals surface area contributed by atoms with Gasteiger partial charge in [0.2, 0.25) is 0 Å². The molecule has 0 aliphatic heterocycles. The Morgan fingerprint density at radius 1 is 1.04 bits per heavy atom. The van der Waals surface area contributed by atoms with Gasteiger partial charge < -0.3 is 0 Å². The van der Waals surface area contributed by atoms with E-state index in [9.17, 15) is 4.79 Å². The van der Waals surface area contributed by atoms with E-state index in [1.54, 1.807) is 0 Å². The second kappa shape index (κ2) is 5.85. The number of ketones is 1. The summed E-state index contributed by atoms with van der Waals surface area (Å²) in [5.41, 5.74) is 1.09. The van der Waals surface area contributed by atoms with Crippen molar-refractivity contribution in [3.8, 4) is 0 Å². The van der Waals surface area contributed by atoms with Crippen LogP contribution in [-0.4, -0.2) is 5.78 Å². The molecule has 0 spiro atoms. The van der Waals surface area contributed by atoms with Crippen LogP contribution < -0.4 is 0 Å². The summed E-state index contributed by atoms with van der Waals surface area (Å²) in [4.78, 5) is 12.5. The first kappa shape index (κ1) is 17.1. The zero-order valence-corrected chi connectivity index (χ0v) is 16.4. The molecular weight excluding hydrogens is 292 g/mol. The lowest BCUT2D eigenvalue weighted by molar-refractivity contribution is -0.158. The minimum Gasteiger partial charge on any atom is -0.300 e. The molecular formula is C23H38O. The highest BCUT2D eigenvalue weighted by molar-refractivity contribution is 5.80. The summed E-state index contributed by atoms with van der Waals surface area (Å²) >= 11 is 0. The Morgan fingerprint density at radius 2 is 1.83 bits per heavy atom. The molecule has 4 aliphatic rings. The molecule has 1 heteroatoms. The van der Waals surface area contributed by atoms with Gasteiger partial charge in [0.25, 0.3) is 0 Å². The second-order valence-corrected chi connectivity index (χ2v) is 10.5. The summed E-state index contributed by atoms with van der Waals surface area (Å²) in [5.74, 6) is 5.47. The van der Waals surface area contributed by atoms with Crippen molar-refractivity contribution in [1.29, 1.82) is 0 Å². The molecule has 4 fully saturated rings. The molecule has 0 aromatic rings. The van der Waals surface area contributed by atoms with E-state index in [2.05, 4.69) is 27.7 Å². The molecule has 4 saturated carbocycles. The molecule has 0 aromatic carbocycles. The Morgan fingerprint density at radius 3 is 2.58 bits per heavy atom. The smallest absolute Gasteiger partial charge is 0.133 e. The quantitative estimate of drug-likeness (QED) is 0.584. The third-order valence-electron chi connectivity index (χ3n) is 9.80. The van der Waals surface area contributed by atoms with Crippen LogP contribution in [0, 0.1) is 46.3 Å². The van der Waals surface area contributed by atoms with E-state index in [4.69, 9.17) is 0 Å². The molecule has 136 valence electrons. The predicted octanol–water partition coefficient (Wildman–Crippen LogP) is 6.26. The Bertz CT molecular complexity index is 510. The molecule has 1 nitrogen and oxygen atoms in total. The average Bonchev–Trinajstić information content (AvgIpc) is 2.96. The maximum Gasteiger partial charge on any atom is 0.133 e. The number of fused-ring (bicyclic) bond motifs is 5. The van der Waals surface area contributed by atoms with Gasteiger partial charge in [-0.15, -0.1) is 0 Å². The number of rotatable bonds is 2. The fourth-order valence-electron chi connectivity index (χ4n) is 8.28. The van der Waals surface area contributed by atoms with Crippen LogP contribution in [0.25, 0.3) is 0 Å². The van der Waals surface area contributed by atoms with Crippen LogP contribution in [0.2, 0.25) is 0 Å². The maximum atomic E-state index is 12.5. The van der Waals surface area contributed by atoms with Gasteiger partial charge in [0, 0.05) is 12.8 Å². The SMILES string of the molecule is CC[C@@H](C)C1CC(=O)C[C@H]2CC[C@H]3[C@@H]4CCC[C@@]4(C)CC[C@@H]3[C@@]12C. The normalized spacial score (nSPS) is 52.3. The fraction of sp³-hybridized carbons (Fsp3) is 0.957. The van der Waals surface area contributed by atoms with Crippen LogP contribution in [0.5, 0.6) is 0 Å². The largest absolute Gasteiger partial charge is 0.300 e. The zero-order chi connectivity index (χ0) is 17.1. The summed E-state index contributed by atoms with van der Waals surface area (Å²) in [5, 5.41) is 0. The molecule has 24 heavy (non-hydrogen) atoms. The number of Topliss-reactive ketones (excluding diaryl/α,β-unsaturated/α-hetero) is 1. The van der Waals surface area contributed by atoms with Crippen molar-refractivity contribution in [1.82, 2.24) is 0 Å². The standard InChI is InChI=1S/C23H38O/c1-5-15(2)21-14-17(24)13-16-8-9-18-19-7-6-11-22(19,3)12-10-20(18)23(16,21)4/h15-16,18-21H,5-14H2,1-4H3/t15-,16-,18+,19+,20+,21?,22+,23+/m1/s1. The fourth-order valence-corrected chi connectivity index (χ4v) is 8.28. The summed E-state index contributed by atoms with van der Waals surface area (Å²) in [6.45, 7) is 10.00. The van der Waals surface area contributed by atoms with E-state index in [1.165, 1.54) is 51.4 Å². The molecule has 8 atom stereocenters. The molecule has 0 radical (unpaired) electrons. The van der Waals surface area contributed by atoms with Crippen molar-refractivity contribution < 1.29 is 4.79 Å². The first-order valence-corrected chi connectivity index (χ1v) is 10.9. The Balaban J connectivity index is 1.69. The third kappa shape index (κ3) is 2.28. The lowest BCUT2D eigenvalue weighted by Gasteiger charge is -2.63. The minimum atomic E-state index is 0.441. The molecule has 0 bridgehead atoms. The molecule has 1 unspecified atom stereocenters. The molecule has 0 saturated heterocycles. The van der Waals surface area contributed by atoms with Gasteiger partial charge in [-0.2, -0.15) is 0 Å². The van der Waals surface area contributed by atoms with Gasteiger partial charge in [0.15, 0.2) is 0 Å². The van der Waals surface area contributed by atoms with Gasteiger partial charge in [0.1, 0.15) is 5.78 Å². The minimum absolute atomic E-state index is 0.441. The first-order chi connectivity index (χ1) is 11.4. The van der Waals surface area contributed by atoms with Gasteiger partial charge in [0.05, 0.1) is 0 Å². The summed E-state index contributed by atoms with van der Waals surface area (Å²) < 4.78 is 0. The maximum absolute atomic E-state index is 12.5. The topological polar surface area (TPSA) is 17.1 Å². The van der Waals surface area contributed by atoms with Crippen molar-refractivity contribution in [3.63, 3.8) is 0 Å². The highest BCUT2D eigenvalue weighted by Crippen LogP contribution is 2.67. The van der Waals surface area contributed by atoms with E-state index in [0.717, 1.165) is 30.6 Å². The molecule has 0 heterocycles. The van der Waals surface area contributed by atoms with E-state index in [0.29, 0.717) is 34.4 Å². The van der Waals surface area contributed by atoms with Crippen LogP contribution >= 0.6 is 0 Å². The van der Waals surface area contributed by atoms with Crippen LogP contribution in [0.3, 0.4) is 0 Å². The van der Waals surface area contributed by atoms with Gasteiger partial charge in [-0.3, -0.25) is 4.79 Å². The third-order valence-corrected chi connectivity index (χ3v) is 9.80. The summed E-state index contributed by atoms with van der Waals surface area (Å²) in [7, 11) is 0. The van der Waals surface area contributed by atoms with E-state index in [-0.39, 0.29) is 0 Å². The zero-order valence-electron chi connectivity index (χ0n) is 16.4. The molecule has 0 N–H and O–H groups in total. The van der Waals surface area contributed by atoms with E-state index >= 15 is 0 Å². The molecule has 4 rings (SSSR count). The monoisotopic (exact) mass is 330 g/mol. The first-order valence-electron chi connectivity index (χ1n) is 10.9. The highest BCUT2D eigenvalue weighted by atomic mass is 16.1. The van der Waals surface area contributed by atoms with Crippen LogP contribution in [0.4, 0.5) is 0 Å². The number of hydrogen-bond acceptors (Lipinski definition) is 1. The average molecular weight is 331 g/mol. The lowest BCUT2D eigenvalue weighted by Crippen LogP contribution is -2.57.